The first kappa shape index (κ1) is 50.0. The number of ether oxygens (including phenoxy) is 4. The molecule has 0 saturated carbocycles. The topological polar surface area (TPSA) is 199 Å². The molecular weight excluding hydrogens is 776 g/mol. The molecule has 1 atom stereocenters. The summed E-state index contributed by atoms with van der Waals surface area (Å²) in [7, 11) is 1.70. The summed E-state index contributed by atoms with van der Waals surface area (Å²) in [5.74, 6) is -2.68. The van der Waals surface area contributed by atoms with Crippen molar-refractivity contribution in [3.05, 3.63) is 59.2 Å². The molecule has 2 aromatic carbocycles. The molecule has 1 saturated heterocycles. The molecule has 4 N–H and O–H groups in total. The van der Waals surface area contributed by atoms with Gasteiger partial charge in [-0.1, -0.05) is 52.0 Å². The highest BCUT2D eigenvalue weighted by atomic mass is 16.5. The SMILES string of the molecule is COCC(C)(C)COCC(C)(C)COc1cc(CCCOc2ccc(C[C@H]3CN(CC(=O)O)CCN(CC(=O)O)CCN(CC(=O)O)CCN3CC(=O)O)cc2)ccc1C. The van der Waals surface area contributed by atoms with E-state index in [9.17, 15) is 39.6 Å². The van der Waals surface area contributed by atoms with E-state index in [-0.39, 0.29) is 82.8 Å². The van der Waals surface area contributed by atoms with E-state index in [0.29, 0.717) is 45.2 Å². The third kappa shape index (κ3) is 19.8. The molecule has 1 heterocycles. The quantitative estimate of drug-likeness (QED) is 0.112. The Bertz CT molecular complexity index is 1650. The Morgan fingerprint density at radius 2 is 1.17 bits per heavy atom. The predicted octanol–water partition coefficient (Wildman–Crippen LogP) is 3.57. The number of carboxylic acid groups (broad SMARTS) is 4. The standard InChI is InChI=1S/C44H68N4O12/c1-33-9-10-34(23-38(33)60-32-44(4,5)31-58-30-43(2,3)29-57-6)8-7-21-59-37-13-11-35(12-14-37)22-36-24-47(27-41(53)54)18-17-45(25-39(49)50)15-16-46(26-40(51)52)19-20-48(36)28-42(55)56/h9-14,23,36H,7-8,15-22,24-32H2,1-6H3,(H,49,50)(H,51,52)(H,53,54)(H,55,56)/t36-/m0/s1. The molecule has 16 nitrogen and oxygen atoms in total. The Balaban J connectivity index is 1.64. The Labute approximate surface area is 354 Å². The van der Waals surface area contributed by atoms with Gasteiger partial charge >= 0.3 is 23.9 Å². The lowest BCUT2D eigenvalue weighted by molar-refractivity contribution is -0.142. The number of methoxy groups -OCH3 is 1. The summed E-state index contributed by atoms with van der Waals surface area (Å²) in [4.78, 5) is 54.1. The molecule has 0 radical (unpaired) electrons. The minimum atomic E-state index is -1.06. The van der Waals surface area contributed by atoms with Gasteiger partial charge in [-0.25, -0.2) is 0 Å². The van der Waals surface area contributed by atoms with Crippen molar-refractivity contribution < 1.29 is 58.6 Å². The van der Waals surface area contributed by atoms with Crippen molar-refractivity contribution in [1.29, 1.82) is 0 Å². The summed E-state index contributed by atoms with van der Waals surface area (Å²) < 4.78 is 23.7. The Hall–Kier alpha value is -4.32. The van der Waals surface area contributed by atoms with Gasteiger partial charge in [-0.2, -0.15) is 0 Å². The summed E-state index contributed by atoms with van der Waals surface area (Å²) in [5, 5.41) is 38.7. The second-order valence-electron chi connectivity index (χ2n) is 17.4. The van der Waals surface area contributed by atoms with E-state index >= 15 is 0 Å². The molecule has 0 spiro atoms. The molecule has 0 aromatic heterocycles. The molecule has 60 heavy (non-hydrogen) atoms. The van der Waals surface area contributed by atoms with Gasteiger partial charge in [0.1, 0.15) is 11.5 Å². The smallest absolute Gasteiger partial charge is 0.317 e. The lowest BCUT2D eigenvalue weighted by atomic mass is 9.94. The number of rotatable bonds is 24. The van der Waals surface area contributed by atoms with E-state index in [1.807, 2.05) is 31.2 Å². The molecule has 16 heteroatoms. The van der Waals surface area contributed by atoms with E-state index in [2.05, 4.69) is 45.9 Å². The van der Waals surface area contributed by atoms with Crippen molar-refractivity contribution in [2.45, 2.75) is 59.9 Å². The lowest BCUT2D eigenvalue weighted by Gasteiger charge is -2.37. The molecule has 1 fully saturated rings. The number of aryl methyl sites for hydroxylation is 2. The summed E-state index contributed by atoms with van der Waals surface area (Å²) in [6.07, 6.45) is 1.95. The van der Waals surface area contributed by atoms with Crippen LogP contribution < -0.4 is 9.47 Å². The van der Waals surface area contributed by atoms with Crippen molar-refractivity contribution in [3.8, 4) is 11.5 Å². The third-order valence-electron chi connectivity index (χ3n) is 10.2. The zero-order chi connectivity index (χ0) is 44.3. The van der Waals surface area contributed by atoms with Gasteiger partial charge < -0.3 is 39.4 Å². The number of aliphatic carboxylic acids is 4. The zero-order valence-corrected chi connectivity index (χ0v) is 36.4. The Morgan fingerprint density at radius 1 is 0.650 bits per heavy atom. The highest BCUT2D eigenvalue weighted by Crippen LogP contribution is 2.26. The number of carbonyl (C=O) groups is 4. The van der Waals surface area contributed by atoms with Crippen LogP contribution in [-0.2, 0) is 41.5 Å². The van der Waals surface area contributed by atoms with Gasteiger partial charge in [0.25, 0.3) is 0 Å². The number of benzene rings is 2. The predicted molar refractivity (Wildman–Crippen MR) is 226 cm³/mol. The van der Waals surface area contributed by atoms with E-state index < -0.39 is 29.9 Å². The van der Waals surface area contributed by atoms with Crippen molar-refractivity contribution in [1.82, 2.24) is 19.6 Å². The average Bonchev–Trinajstić information content (AvgIpc) is 3.14. The lowest BCUT2D eigenvalue weighted by Crippen LogP contribution is -2.53. The maximum Gasteiger partial charge on any atom is 0.317 e. The number of hydrogen-bond acceptors (Lipinski definition) is 12. The van der Waals surface area contributed by atoms with Crippen LogP contribution in [0.15, 0.2) is 42.5 Å². The molecular formula is C44H68N4O12. The fraction of sp³-hybridized carbons (Fsp3) is 0.636. The number of nitrogens with zero attached hydrogens (tertiary/aromatic N) is 4. The van der Waals surface area contributed by atoms with E-state index in [1.165, 1.54) is 0 Å². The molecule has 336 valence electrons. The van der Waals surface area contributed by atoms with Crippen LogP contribution in [0.25, 0.3) is 0 Å². The average molecular weight is 845 g/mol. The fourth-order valence-corrected chi connectivity index (χ4v) is 7.12. The minimum Gasteiger partial charge on any atom is -0.494 e. The van der Waals surface area contributed by atoms with Gasteiger partial charge in [-0.3, -0.25) is 38.8 Å². The van der Waals surface area contributed by atoms with Gasteiger partial charge in [-0.15, -0.1) is 0 Å². The maximum absolute atomic E-state index is 12.1. The van der Waals surface area contributed by atoms with Gasteiger partial charge in [-0.05, 0) is 61.1 Å². The molecule has 3 rings (SSSR count). The first-order chi connectivity index (χ1) is 28.3. The maximum atomic E-state index is 12.1. The second-order valence-corrected chi connectivity index (χ2v) is 17.4. The molecule has 2 aromatic rings. The number of carboxylic acids is 4. The largest absolute Gasteiger partial charge is 0.494 e. The Morgan fingerprint density at radius 3 is 1.73 bits per heavy atom. The van der Waals surface area contributed by atoms with Crippen LogP contribution in [0.2, 0.25) is 0 Å². The van der Waals surface area contributed by atoms with Crippen LogP contribution in [0, 0.1) is 17.8 Å². The van der Waals surface area contributed by atoms with Crippen LogP contribution in [0.3, 0.4) is 0 Å². The first-order valence-corrected chi connectivity index (χ1v) is 20.6. The van der Waals surface area contributed by atoms with Crippen LogP contribution in [-0.4, -0.2) is 182 Å². The monoisotopic (exact) mass is 844 g/mol. The minimum absolute atomic E-state index is 0.0614. The zero-order valence-electron chi connectivity index (χ0n) is 36.4. The van der Waals surface area contributed by atoms with E-state index in [4.69, 9.17) is 18.9 Å². The molecule has 1 aliphatic rings. The van der Waals surface area contributed by atoms with Crippen LogP contribution in [0.5, 0.6) is 11.5 Å². The summed E-state index contributed by atoms with van der Waals surface area (Å²) >= 11 is 0. The summed E-state index contributed by atoms with van der Waals surface area (Å²) in [6.45, 7) is 13.7. The van der Waals surface area contributed by atoms with Gasteiger partial charge in [0, 0.05) is 69.8 Å². The van der Waals surface area contributed by atoms with Crippen molar-refractivity contribution in [2.75, 3.05) is 112 Å². The van der Waals surface area contributed by atoms with Crippen LogP contribution >= 0.6 is 0 Å². The number of hydrogen-bond donors (Lipinski definition) is 4. The third-order valence-corrected chi connectivity index (χ3v) is 10.2. The Kier molecular flexibility index (Phi) is 20.7. The van der Waals surface area contributed by atoms with Crippen molar-refractivity contribution in [3.63, 3.8) is 0 Å². The highest BCUT2D eigenvalue weighted by Gasteiger charge is 2.28. The van der Waals surface area contributed by atoms with Gasteiger partial charge in [0.15, 0.2) is 0 Å². The van der Waals surface area contributed by atoms with E-state index in [1.54, 1.807) is 26.7 Å². The van der Waals surface area contributed by atoms with Crippen LogP contribution in [0.4, 0.5) is 0 Å². The molecule has 0 amide bonds. The van der Waals surface area contributed by atoms with Crippen LogP contribution in [0.1, 0.15) is 50.8 Å². The van der Waals surface area contributed by atoms with E-state index in [0.717, 1.165) is 35.3 Å². The second kappa shape index (κ2) is 24.8. The fourth-order valence-electron chi connectivity index (χ4n) is 7.12. The highest BCUT2D eigenvalue weighted by molar-refractivity contribution is 5.70. The first-order valence-electron chi connectivity index (χ1n) is 20.6. The summed E-state index contributed by atoms with van der Waals surface area (Å²) in [5.41, 5.74) is 2.85. The van der Waals surface area contributed by atoms with Crippen molar-refractivity contribution >= 4 is 23.9 Å². The summed E-state index contributed by atoms with van der Waals surface area (Å²) in [6, 6.07) is 13.4. The van der Waals surface area contributed by atoms with Gasteiger partial charge in [0.05, 0.1) is 59.2 Å². The molecule has 1 aliphatic heterocycles. The molecule has 0 unspecified atom stereocenters. The molecule has 0 aliphatic carbocycles. The molecule has 0 bridgehead atoms. The van der Waals surface area contributed by atoms with Gasteiger partial charge in [0.2, 0.25) is 0 Å². The normalized spacial score (nSPS) is 17.1. The van der Waals surface area contributed by atoms with Crippen molar-refractivity contribution in [2.24, 2.45) is 10.8 Å².